The number of hydroxylamine groups is 2. The van der Waals surface area contributed by atoms with Gasteiger partial charge in [-0.25, -0.2) is 0 Å². The summed E-state index contributed by atoms with van der Waals surface area (Å²) in [5.74, 6) is 0.617. The van der Waals surface area contributed by atoms with E-state index in [-0.39, 0.29) is 0 Å². The van der Waals surface area contributed by atoms with Crippen molar-refractivity contribution in [3.05, 3.63) is 34.9 Å². The van der Waals surface area contributed by atoms with Crippen LogP contribution in [0.25, 0.3) is 0 Å². The Morgan fingerprint density at radius 3 is 2.94 bits per heavy atom. The standard InChI is InChI=1S/C15H24N2O/c1-12(2)10-17(18-3)11-14-6-4-5-13-9-16-8-7-15(13)14/h4-6,12,16H,7-11H2,1-3H3. The minimum Gasteiger partial charge on any atom is -0.312 e. The summed E-state index contributed by atoms with van der Waals surface area (Å²) in [6, 6.07) is 6.62. The van der Waals surface area contributed by atoms with Gasteiger partial charge in [-0.2, -0.15) is 5.06 Å². The smallest absolute Gasteiger partial charge is 0.0575 e. The fraction of sp³-hybridized carbons (Fsp3) is 0.600. The molecule has 0 aromatic heterocycles. The van der Waals surface area contributed by atoms with Crippen molar-refractivity contribution in [2.75, 3.05) is 20.2 Å². The van der Waals surface area contributed by atoms with Crippen molar-refractivity contribution in [1.82, 2.24) is 10.4 Å². The molecule has 0 aliphatic carbocycles. The van der Waals surface area contributed by atoms with Crippen molar-refractivity contribution in [1.29, 1.82) is 0 Å². The molecule has 1 aromatic carbocycles. The molecule has 3 nitrogen and oxygen atoms in total. The molecule has 0 radical (unpaired) electrons. The molecular weight excluding hydrogens is 224 g/mol. The van der Waals surface area contributed by atoms with Crippen molar-refractivity contribution in [2.24, 2.45) is 5.92 Å². The summed E-state index contributed by atoms with van der Waals surface area (Å²) in [7, 11) is 1.76. The molecule has 1 N–H and O–H groups in total. The van der Waals surface area contributed by atoms with Gasteiger partial charge in [0, 0.05) is 19.6 Å². The van der Waals surface area contributed by atoms with E-state index in [1.54, 1.807) is 7.11 Å². The summed E-state index contributed by atoms with van der Waals surface area (Å²) in [5.41, 5.74) is 4.37. The molecule has 1 aliphatic rings. The Morgan fingerprint density at radius 2 is 2.22 bits per heavy atom. The third-order valence-corrected chi connectivity index (χ3v) is 3.41. The first-order valence-electron chi connectivity index (χ1n) is 6.80. The van der Waals surface area contributed by atoms with E-state index in [0.29, 0.717) is 5.92 Å². The maximum absolute atomic E-state index is 5.47. The Kier molecular flexibility index (Phi) is 4.75. The van der Waals surface area contributed by atoms with Crippen molar-refractivity contribution >= 4 is 0 Å². The highest BCUT2D eigenvalue weighted by Gasteiger charge is 2.15. The van der Waals surface area contributed by atoms with Crippen LogP contribution in [0.1, 0.15) is 30.5 Å². The first kappa shape index (κ1) is 13.5. The average molecular weight is 248 g/mol. The highest BCUT2D eigenvalue weighted by molar-refractivity contribution is 5.36. The van der Waals surface area contributed by atoms with Crippen LogP contribution in [0, 0.1) is 5.92 Å². The van der Waals surface area contributed by atoms with Gasteiger partial charge in [-0.05, 0) is 35.6 Å². The summed E-state index contributed by atoms with van der Waals surface area (Å²) in [4.78, 5) is 5.47. The van der Waals surface area contributed by atoms with Crippen molar-refractivity contribution < 1.29 is 4.84 Å². The SMILES string of the molecule is CON(Cc1cccc2c1CCNC2)CC(C)C. The molecule has 0 atom stereocenters. The van der Waals surface area contributed by atoms with E-state index in [4.69, 9.17) is 4.84 Å². The first-order chi connectivity index (χ1) is 8.70. The van der Waals surface area contributed by atoms with Crippen LogP contribution >= 0.6 is 0 Å². The van der Waals surface area contributed by atoms with E-state index in [1.807, 2.05) is 0 Å². The number of hydrogen-bond acceptors (Lipinski definition) is 3. The zero-order chi connectivity index (χ0) is 13.0. The molecule has 0 saturated carbocycles. The Bertz CT molecular complexity index is 390. The Labute approximate surface area is 110 Å². The number of nitrogens with zero attached hydrogens (tertiary/aromatic N) is 1. The predicted molar refractivity (Wildman–Crippen MR) is 74.1 cm³/mol. The average Bonchev–Trinajstić information content (AvgIpc) is 2.38. The molecule has 0 fully saturated rings. The molecule has 0 amide bonds. The van der Waals surface area contributed by atoms with Gasteiger partial charge in [0.1, 0.15) is 0 Å². The normalized spacial score (nSPS) is 15.2. The van der Waals surface area contributed by atoms with Gasteiger partial charge in [0.2, 0.25) is 0 Å². The van der Waals surface area contributed by atoms with E-state index in [1.165, 1.54) is 16.7 Å². The molecule has 1 aliphatic heterocycles. The van der Waals surface area contributed by atoms with Crippen LogP contribution in [0.3, 0.4) is 0 Å². The monoisotopic (exact) mass is 248 g/mol. The number of nitrogens with one attached hydrogen (secondary N) is 1. The van der Waals surface area contributed by atoms with Crippen LogP contribution in [-0.4, -0.2) is 25.3 Å². The van der Waals surface area contributed by atoms with Crippen molar-refractivity contribution in [3.63, 3.8) is 0 Å². The zero-order valence-electron chi connectivity index (χ0n) is 11.7. The lowest BCUT2D eigenvalue weighted by Crippen LogP contribution is -2.29. The summed E-state index contributed by atoms with van der Waals surface area (Å²) in [6.07, 6.45) is 1.13. The predicted octanol–water partition coefficient (Wildman–Crippen LogP) is 2.35. The molecule has 2 rings (SSSR count). The molecule has 100 valence electrons. The lowest BCUT2D eigenvalue weighted by Gasteiger charge is -2.25. The number of benzene rings is 1. The van der Waals surface area contributed by atoms with Crippen LogP contribution in [-0.2, 0) is 24.3 Å². The summed E-state index contributed by atoms with van der Waals surface area (Å²) in [5, 5.41) is 5.48. The van der Waals surface area contributed by atoms with E-state index in [2.05, 4.69) is 42.4 Å². The highest BCUT2D eigenvalue weighted by Crippen LogP contribution is 2.20. The van der Waals surface area contributed by atoms with Crippen LogP contribution in [0.15, 0.2) is 18.2 Å². The van der Waals surface area contributed by atoms with Crippen molar-refractivity contribution in [2.45, 2.75) is 33.4 Å². The lowest BCUT2D eigenvalue weighted by molar-refractivity contribution is -0.145. The van der Waals surface area contributed by atoms with Gasteiger partial charge < -0.3 is 10.2 Å². The van der Waals surface area contributed by atoms with Gasteiger partial charge in [0.25, 0.3) is 0 Å². The second-order valence-electron chi connectivity index (χ2n) is 5.38. The van der Waals surface area contributed by atoms with E-state index >= 15 is 0 Å². The van der Waals surface area contributed by atoms with Crippen LogP contribution in [0.4, 0.5) is 0 Å². The fourth-order valence-electron chi connectivity index (χ4n) is 2.56. The Hall–Kier alpha value is -0.900. The quantitative estimate of drug-likeness (QED) is 0.810. The van der Waals surface area contributed by atoms with E-state index < -0.39 is 0 Å². The molecule has 1 heterocycles. The number of fused-ring (bicyclic) bond motifs is 1. The maximum atomic E-state index is 5.47. The first-order valence-corrected chi connectivity index (χ1v) is 6.80. The van der Waals surface area contributed by atoms with E-state index in [0.717, 1.165) is 32.6 Å². The van der Waals surface area contributed by atoms with Gasteiger partial charge in [0.05, 0.1) is 7.11 Å². The Balaban J connectivity index is 2.12. The third-order valence-electron chi connectivity index (χ3n) is 3.41. The van der Waals surface area contributed by atoms with Gasteiger partial charge >= 0.3 is 0 Å². The molecule has 0 bridgehead atoms. The topological polar surface area (TPSA) is 24.5 Å². The van der Waals surface area contributed by atoms with Crippen LogP contribution in [0.2, 0.25) is 0 Å². The molecule has 0 spiro atoms. The summed E-state index contributed by atoms with van der Waals surface area (Å²) < 4.78 is 0. The molecule has 1 aromatic rings. The van der Waals surface area contributed by atoms with Gasteiger partial charge in [0.15, 0.2) is 0 Å². The van der Waals surface area contributed by atoms with Gasteiger partial charge in [-0.3, -0.25) is 0 Å². The van der Waals surface area contributed by atoms with E-state index in [9.17, 15) is 0 Å². The van der Waals surface area contributed by atoms with Crippen LogP contribution in [0.5, 0.6) is 0 Å². The summed E-state index contributed by atoms with van der Waals surface area (Å²) in [6.45, 7) is 8.38. The number of rotatable bonds is 5. The second-order valence-corrected chi connectivity index (χ2v) is 5.38. The zero-order valence-corrected chi connectivity index (χ0v) is 11.7. The summed E-state index contributed by atoms with van der Waals surface area (Å²) >= 11 is 0. The van der Waals surface area contributed by atoms with Crippen molar-refractivity contribution in [3.8, 4) is 0 Å². The minimum atomic E-state index is 0.617. The van der Waals surface area contributed by atoms with Crippen LogP contribution < -0.4 is 5.32 Å². The second kappa shape index (κ2) is 6.32. The van der Waals surface area contributed by atoms with Gasteiger partial charge in [-0.15, -0.1) is 0 Å². The molecule has 18 heavy (non-hydrogen) atoms. The lowest BCUT2D eigenvalue weighted by atomic mass is 9.95. The minimum absolute atomic E-state index is 0.617. The highest BCUT2D eigenvalue weighted by atomic mass is 16.7. The molecule has 0 saturated heterocycles. The Morgan fingerprint density at radius 1 is 1.39 bits per heavy atom. The number of hydrogen-bond donors (Lipinski definition) is 1. The fourth-order valence-corrected chi connectivity index (χ4v) is 2.56. The third kappa shape index (κ3) is 3.31. The molecule has 3 heteroatoms. The largest absolute Gasteiger partial charge is 0.312 e. The maximum Gasteiger partial charge on any atom is 0.0575 e. The van der Waals surface area contributed by atoms with Gasteiger partial charge in [-0.1, -0.05) is 32.0 Å². The molecular formula is C15H24N2O. The molecule has 0 unspecified atom stereocenters.